The van der Waals surface area contributed by atoms with Gasteiger partial charge in [-0.25, -0.2) is 0 Å². The smallest absolute Gasteiger partial charge is 0.227 e. The third-order valence-electron chi connectivity index (χ3n) is 2.30. The van der Waals surface area contributed by atoms with Gasteiger partial charge >= 0.3 is 0 Å². The molecule has 1 atom stereocenters. The Labute approximate surface area is 90.2 Å². The van der Waals surface area contributed by atoms with Gasteiger partial charge < -0.3 is 14.6 Å². The second-order valence-corrected chi connectivity index (χ2v) is 3.84. The lowest BCUT2D eigenvalue weighted by molar-refractivity contribution is 0.147. The van der Waals surface area contributed by atoms with Gasteiger partial charge in [0.1, 0.15) is 0 Å². The standard InChI is InChI=1S/C10H19N3O2/c1-8(2)9(6-14-3)11-5-4-10-12-7-13-15-10/h7-9,11H,4-6H2,1-3H3. The Balaban J connectivity index is 2.22. The summed E-state index contributed by atoms with van der Waals surface area (Å²) in [6.45, 7) is 5.89. The third-order valence-corrected chi connectivity index (χ3v) is 2.30. The van der Waals surface area contributed by atoms with Crippen LogP contribution in [-0.2, 0) is 11.2 Å². The van der Waals surface area contributed by atoms with Crippen molar-refractivity contribution in [1.29, 1.82) is 0 Å². The zero-order chi connectivity index (χ0) is 11.1. The molecular weight excluding hydrogens is 194 g/mol. The van der Waals surface area contributed by atoms with Gasteiger partial charge in [-0.3, -0.25) is 0 Å². The molecule has 1 heterocycles. The summed E-state index contributed by atoms with van der Waals surface area (Å²) in [6.07, 6.45) is 2.18. The summed E-state index contributed by atoms with van der Waals surface area (Å²) in [5.41, 5.74) is 0. The van der Waals surface area contributed by atoms with Crippen molar-refractivity contribution in [3.05, 3.63) is 12.2 Å². The van der Waals surface area contributed by atoms with E-state index in [0.717, 1.165) is 19.6 Å². The number of nitrogens with zero attached hydrogens (tertiary/aromatic N) is 2. The van der Waals surface area contributed by atoms with Crippen molar-refractivity contribution in [2.75, 3.05) is 20.3 Å². The van der Waals surface area contributed by atoms with Crippen LogP contribution in [0.5, 0.6) is 0 Å². The highest BCUT2D eigenvalue weighted by Gasteiger charge is 2.12. The van der Waals surface area contributed by atoms with E-state index in [9.17, 15) is 0 Å². The molecule has 0 saturated heterocycles. The fourth-order valence-electron chi connectivity index (χ4n) is 1.34. The van der Waals surface area contributed by atoms with Gasteiger partial charge in [-0.15, -0.1) is 0 Å². The normalized spacial score (nSPS) is 13.3. The third kappa shape index (κ3) is 4.40. The largest absolute Gasteiger partial charge is 0.383 e. The number of ether oxygens (including phenoxy) is 1. The van der Waals surface area contributed by atoms with Gasteiger partial charge in [0.25, 0.3) is 0 Å². The maximum Gasteiger partial charge on any atom is 0.227 e. The van der Waals surface area contributed by atoms with Gasteiger partial charge in [-0.2, -0.15) is 4.98 Å². The lowest BCUT2D eigenvalue weighted by Crippen LogP contribution is -2.38. The molecule has 1 rings (SSSR count). The monoisotopic (exact) mass is 213 g/mol. The topological polar surface area (TPSA) is 60.2 Å². The first-order valence-corrected chi connectivity index (χ1v) is 5.22. The summed E-state index contributed by atoms with van der Waals surface area (Å²) >= 11 is 0. The molecule has 86 valence electrons. The molecule has 0 aliphatic carbocycles. The van der Waals surface area contributed by atoms with E-state index in [-0.39, 0.29) is 0 Å². The Morgan fingerprint density at radius 1 is 1.53 bits per heavy atom. The van der Waals surface area contributed by atoms with Crippen LogP contribution in [0.1, 0.15) is 19.7 Å². The Bertz CT molecular complexity index is 249. The maximum absolute atomic E-state index is 5.14. The average Bonchev–Trinajstić information content (AvgIpc) is 2.69. The fraction of sp³-hybridized carbons (Fsp3) is 0.800. The SMILES string of the molecule is COCC(NCCc1ncno1)C(C)C. The summed E-state index contributed by atoms with van der Waals surface area (Å²) in [4.78, 5) is 3.95. The summed E-state index contributed by atoms with van der Waals surface area (Å²) in [5.74, 6) is 1.22. The van der Waals surface area contributed by atoms with Crippen LogP contribution < -0.4 is 5.32 Å². The van der Waals surface area contributed by atoms with Gasteiger partial charge in [0.2, 0.25) is 5.89 Å². The zero-order valence-electron chi connectivity index (χ0n) is 9.56. The van der Waals surface area contributed by atoms with Gasteiger partial charge in [0.05, 0.1) is 6.61 Å². The van der Waals surface area contributed by atoms with Crippen LogP contribution in [0.2, 0.25) is 0 Å². The van der Waals surface area contributed by atoms with E-state index in [2.05, 4.69) is 29.3 Å². The highest BCUT2D eigenvalue weighted by Crippen LogP contribution is 2.02. The molecule has 5 nitrogen and oxygen atoms in total. The van der Waals surface area contributed by atoms with Gasteiger partial charge in [-0.05, 0) is 5.92 Å². The van der Waals surface area contributed by atoms with Crippen molar-refractivity contribution in [2.24, 2.45) is 5.92 Å². The first-order chi connectivity index (χ1) is 7.24. The predicted octanol–water partition coefficient (Wildman–Crippen LogP) is 0.873. The van der Waals surface area contributed by atoms with Gasteiger partial charge in [0, 0.05) is 26.1 Å². The molecule has 1 aromatic heterocycles. The van der Waals surface area contributed by atoms with Crippen LogP contribution in [0, 0.1) is 5.92 Å². The number of nitrogens with one attached hydrogen (secondary N) is 1. The second-order valence-electron chi connectivity index (χ2n) is 3.84. The number of hydrogen-bond acceptors (Lipinski definition) is 5. The molecule has 0 aromatic carbocycles. The minimum Gasteiger partial charge on any atom is -0.383 e. The Hall–Kier alpha value is -0.940. The average molecular weight is 213 g/mol. The molecule has 0 amide bonds. The number of aromatic nitrogens is 2. The first kappa shape index (κ1) is 12.1. The lowest BCUT2D eigenvalue weighted by Gasteiger charge is -2.21. The van der Waals surface area contributed by atoms with E-state index >= 15 is 0 Å². The van der Waals surface area contributed by atoms with E-state index in [0.29, 0.717) is 17.9 Å². The number of rotatable bonds is 7. The van der Waals surface area contributed by atoms with Crippen LogP contribution in [-0.4, -0.2) is 36.4 Å². The summed E-state index contributed by atoms with van der Waals surface area (Å²) in [7, 11) is 1.72. The molecule has 0 bridgehead atoms. The van der Waals surface area contributed by atoms with Crippen molar-refractivity contribution in [1.82, 2.24) is 15.5 Å². The molecule has 0 spiro atoms. The highest BCUT2D eigenvalue weighted by atomic mass is 16.5. The Kier molecular flexibility index (Phi) is 5.28. The van der Waals surface area contributed by atoms with E-state index in [1.807, 2.05) is 0 Å². The van der Waals surface area contributed by atoms with Crippen molar-refractivity contribution in [3.63, 3.8) is 0 Å². The minimum atomic E-state index is 0.373. The van der Waals surface area contributed by atoms with Gasteiger partial charge in [-0.1, -0.05) is 19.0 Å². The van der Waals surface area contributed by atoms with Crippen molar-refractivity contribution < 1.29 is 9.26 Å². The Morgan fingerprint density at radius 3 is 2.87 bits per heavy atom. The van der Waals surface area contributed by atoms with Crippen LogP contribution in [0.3, 0.4) is 0 Å². The molecule has 0 aliphatic heterocycles. The summed E-state index contributed by atoms with van der Waals surface area (Å²) < 4.78 is 10.0. The number of methoxy groups -OCH3 is 1. The highest BCUT2D eigenvalue weighted by molar-refractivity contribution is 4.77. The predicted molar refractivity (Wildman–Crippen MR) is 56.5 cm³/mol. The van der Waals surface area contributed by atoms with Gasteiger partial charge in [0.15, 0.2) is 6.33 Å². The van der Waals surface area contributed by atoms with Crippen molar-refractivity contribution in [2.45, 2.75) is 26.3 Å². The van der Waals surface area contributed by atoms with Crippen LogP contribution in [0.4, 0.5) is 0 Å². The zero-order valence-corrected chi connectivity index (χ0v) is 9.56. The quantitative estimate of drug-likeness (QED) is 0.728. The summed E-state index contributed by atoms with van der Waals surface area (Å²) in [6, 6.07) is 0.373. The van der Waals surface area contributed by atoms with Crippen molar-refractivity contribution in [3.8, 4) is 0 Å². The summed E-state index contributed by atoms with van der Waals surface area (Å²) in [5, 5.41) is 6.96. The molecule has 1 unspecified atom stereocenters. The van der Waals surface area contributed by atoms with Crippen LogP contribution >= 0.6 is 0 Å². The van der Waals surface area contributed by atoms with Crippen LogP contribution in [0.25, 0.3) is 0 Å². The molecule has 0 radical (unpaired) electrons. The molecule has 15 heavy (non-hydrogen) atoms. The van der Waals surface area contributed by atoms with E-state index in [4.69, 9.17) is 9.26 Å². The molecule has 0 aliphatic rings. The second kappa shape index (κ2) is 6.53. The van der Waals surface area contributed by atoms with E-state index in [1.54, 1.807) is 7.11 Å². The minimum absolute atomic E-state index is 0.373. The Morgan fingerprint density at radius 2 is 2.33 bits per heavy atom. The molecule has 0 fully saturated rings. The van der Waals surface area contributed by atoms with Crippen LogP contribution in [0.15, 0.2) is 10.9 Å². The first-order valence-electron chi connectivity index (χ1n) is 5.22. The van der Waals surface area contributed by atoms with E-state index < -0.39 is 0 Å². The lowest BCUT2D eigenvalue weighted by atomic mass is 10.1. The maximum atomic E-state index is 5.14. The number of hydrogen-bond donors (Lipinski definition) is 1. The molecule has 1 aromatic rings. The molecule has 1 N–H and O–H groups in total. The molecular formula is C10H19N3O2. The van der Waals surface area contributed by atoms with Crippen molar-refractivity contribution >= 4 is 0 Å². The van der Waals surface area contributed by atoms with E-state index in [1.165, 1.54) is 6.33 Å². The fourth-order valence-corrected chi connectivity index (χ4v) is 1.34. The molecule has 5 heteroatoms. The molecule has 0 saturated carbocycles.